The lowest BCUT2D eigenvalue weighted by Crippen LogP contribution is -2.38. The molecule has 106 valence electrons. The Morgan fingerprint density at radius 3 is 2.47 bits per heavy atom. The summed E-state index contributed by atoms with van der Waals surface area (Å²) in [6.45, 7) is 7.81. The topological polar surface area (TPSA) is 70.5 Å². The zero-order chi connectivity index (χ0) is 14.6. The summed E-state index contributed by atoms with van der Waals surface area (Å²) in [7, 11) is 0. The molecular formula is C13H20N2O3S. The van der Waals surface area contributed by atoms with Crippen molar-refractivity contribution in [2.24, 2.45) is 0 Å². The maximum absolute atomic E-state index is 12.5. The molecule has 6 heteroatoms. The molecule has 1 amide bonds. The Labute approximate surface area is 117 Å². The molecule has 0 radical (unpaired) electrons. The van der Waals surface area contributed by atoms with Gasteiger partial charge >= 0.3 is 5.97 Å². The molecule has 0 fully saturated rings. The molecule has 0 unspecified atom stereocenters. The van der Waals surface area contributed by atoms with E-state index in [9.17, 15) is 9.59 Å². The molecule has 0 spiro atoms. The fourth-order valence-electron chi connectivity index (χ4n) is 1.74. The van der Waals surface area contributed by atoms with Gasteiger partial charge in [0.2, 0.25) is 0 Å². The number of aliphatic carboxylic acids is 1. The lowest BCUT2D eigenvalue weighted by Gasteiger charge is -2.25. The number of nitrogens with zero attached hydrogens (tertiary/aromatic N) is 2. The summed E-state index contributed by atoms with van der Waals surface area (Å²) < 4.78 is 0. The van der Waals surface area contributed by atoms with E-state index in [4.69, 9.17) is 5.11 Å². The lowest BCUT2D eigenvalue weighted by atomic mass is 10.2. The number of amides is 1. The van der Waals surface area contributed by atoms with Crippen LogP contribution in [0.1, 0.15) is 47.6 Å². The fraction of sp³-hybridized carbons (Fsp3) is 0.615. The van der Waals surface area contributed by atoms with Gasteiger partial charge in [0.25, 0.3) is 5.91 Å². The van der Waals surface area contributed by atoms with Crippen LogP contribution in [0.5, 0.6) is 0 Å². The summed E-state index contributed by atoms with van der Waals surface area (Å²) in [4.78, 5) is 29.7. The maximum atomic E-state index is 12.5. The third-order valence-electron chi connectivity index (χ3n) is 2.79. The van der Waals surface area contributed by atoms with Gasteiger partial charge in [-0.05, 0) is 27.2 Å². The number of carbonyl (C=O) groups excluding carboxylic acids is 1. The van der Waals surface area contributed by atoms with E-state index in [1.54, 1.807) is 4.90 Å². The normalized spacial score (nSPS) is 10.8. The average molecular weight is 284 g/mol. The number of aromatic nitrogens is 1. The van der Waals surface area contributed by atoms with Crippen molar-refractivity contribution >= 4 is 23.2 Å². The van der Waals surface area contributed by atoms with Crippen LogP contribution in [0.2, 0.25) is 0 Å². The molecule has 0 bridgehead atoms. The van der Waals surface area contributed by atoms with Crippen LogP contribution in [0.4, 0.5) is 0 Å². The van der Waals surface area contributed by atoms with Gasteiger partial charge in [-0.2, -0.15) is 0 Å². The fourth-order valence-corrected chi connectivity index (χ4v) is 2.70. The highest BCUT2D eigenvalue weighted by atomic mass is 32.1. The first kappa shape index (κ1) is 15.6. The van der Waals surface area contributed by atoms with Crippen LogP contribution < -0.4 is 0 Å². The molecule has 0 aliphatic heterocycles. The number of rotatable bonds is 6. The molecule has 0 atom stereocenters. The molecule has 1 heterocycles. The van der Waals surface area contributed by atoms with E-state index >= 15 is 0 Å². The summed E-state index contributed by atoms with van der Waals surface area (Å²) in [5.74, 6) is -1.01. The largest absolute Gasteiger partial charge is 0.481 e. The first-order valence-corrected chi connectivity index (χ1v) is 7.17. The summed E-state index contributed by atoms with van der Waals surface area (Å²) in [5.41, 5.74) is 0.729. The van der Waals surface area contributed by atoms with Gasteiger partial charge in [0.05, 0.1) is 17.1 Å². The smallest absolute Gasteiger partial charge is 0.305 e. The minimum atomic E-state index is -0.895. The van der Waals surface area contributed by atoms with E-state index in [-0.39, 0.29) is 24.9 Å². The van der Waals surface area contributed by atoms with E-state index < -0.39 is 5.97 Å². The number of hydrogen-bond donors (Lipinski definition) is 1. The number of aryl methyl sites for hydroxylation is 2. The van der Waals surface area contributed by atoms with Crippen molar-refractivity contribution in [2.75, 3.05) is 6.54 Å². The molecule has 0 aromatic carbocycles. The van der Waals surface area contributed by atoms with Crippen LogP contribution >= 0.6 is 11.3 Å². The molecule has 1 N–H and O–H groups in total. The predicted molar refractivity (Wildman–Crippen MR) is 74.7 cm³/mol. The van der Waals surface area contributed by atoms with Crippen LogP contribution in [0.3, 0.4) is 0 Å². The highest BCUT2D eigenvalue weighted by Gasteiger charge is 2.23. The van der Waals surface area contributed by atoms with Gasteiger partial charge in [0.1, 0.15) is 4.88 Å². The Hall–Kier alpha value is -1.43. The summed E-state index contributed by atoms with van der Waals surface area (Å²) >= 11 is 1.40. The molecule has 0 aliphatic rings. The average Bonchev–Trinajstić information content (AvgIpc) is 2.69. The molecule has 1 aromatic heterocycles. The zero-order valence-electron chi connectivity index (χ0n) is 11.8. The van der Waals surface area contributed by atoms with Gasteiger partial charge < -0.3 is 10.0 Å². The first-order valence-electron chi connectivity index (χ1n) is 6.35. The van der Waals surface area contributed by atoms with Gasteiger partial charge in [0.15, 0.2) is 0 Å². The molecule has 19 heavy (non-hydrogen) atoms. The second kappa shape index (κ2) is 6.65. The van der Waals surface area contributed by atoms with Gasteiger partial charge in [0, 0.05) is 12.6 Å². The first-order chi connectivity index (χ1) is 8.86. The Balaban J connectivity index is 2.92. The van der Waals surface area contributed by atoms with Crippen molar-refractivity contribution in [1.82, 2.24) is 9.88 Å². The molecule has 1 aromatic rings. The summed E-state index contributed by atoms with van der Waals surface area (Å²) in [6, 6.07) is -0.0292. The summed E-state index contributed by atoms with van der Waals surface area (Å²) in [5, 5.41) is 9.68. The van der Waals surface area contributed by atoms with Crippen LogP contribution in [-0.4, -0.2) is 39.5 Å². The third kappa shape index (κ3) is 4.02. The van der Waals surface area contributed by atoms with Crippen LogP contribution in [0, 0.1) is 6.92 Å². The molecule has 0 aliphatic carbocycles. The van der Waals surface area contributed by atoms with Gasteiger partial charge in [-0.25, -0.2) is 4.98 Å². The lowest BCUT2D eigenvalue weighted by molar-refractivity contribution is -0.137. The number of carboxylic acids is 1. The predicted octanol–water partition coefficient (Wildman–Crippen LogP) is 2.34. The van der Waals surface area contributed by atoms with Crippen molar-refractivity contribution in [3.05, 3.63) is 15.6 Å². The van der Waals surface area contributed by atoms with Crippen LogP contribution in [0.25, 0.3) is 0 Å². The molecule has 1 rings (SSSR count). The van der Waals surface area contributed by atoms with Crippen molar-refractivity contribution < 1.29 is 14.7 Å². The van der Waals surface area contributed by atoms with E-state index in [1.807, 2.05) is 27.7 Å². The van der Waals surface area contributed by atoms with Crippen LogP contribution in [0.15, 0.2) is 0 Å². The monoisotopic (exact) mass is 284 g/mol. The zero-order valence-corrected chi connectivity index (χ0v) is 12.6. The molecular weight excluding hydrogens is 264 g/mol. The Morgan fingerprint density at radius 1 is 1.42 bits per heavy atom. The Bertz CT molecular complexity index is 468. The van der Waals surface area contributed by atoms with Crippen molar-refractivity contribution in [3.8, 4) is 0 Å². The standard InChI is InChI=1S/C13H20N2O3S/c1-5-10-14-9(4)12(19-10)13(18)15(8(2)3)7-6-11(16)17/h8H,5-7H2,1-4H3,(H,16,17). The highest BCUT2D eigenvalue weighted by molar-refractivity contribution is 7.13. The second-order valence-electron chi connectivity index (χ2n) is 4.61. The molecule has 5 nitrogen and oxygen atoms in total. The quantitative estimate of drug-likeness (QED) is 0.870. The van der Waals surface area contributed by atoms with E-state index in [2.05, 4.69) is 4.98 Å². The second-order valence-corrected chi connectivity index (χ2v) is 5.70. The number of thiazole rings is 1. The van der Waals surface area contributed by atoms with E-state index in [0.717, 1.165) is 17.1 Å². The molecule has 0 saturated heterocycles. The van der Waals surface area contributed by atoms with Crippen LogP contribution in [-0.2, 0) is 11.2 Å². The van der Waals surface area contributed by atoms with Crippen molar-refractivity contribution in [3.63, 3.8) is 0 Å². The minimum Gasteiger partial charge on any atom is -0.481 e. The van der Waals surface area contributed by atoms with Gasteiger partial charge in [-0.3, -0.25) is 9.59 Å². The van der Waals surface area contributed by atoms with Crippen molar-refractivity contribution in [1.29, 1.82) is 0 Å². The maximum Gasteiger partial charge on any atom is 0.305 e. The Kier molecular flexibility index (Phi) is 5.47. The summed E-state index contributed by atoms with van der Waals surface area (Å²) in [6.07, 6.45) is 0.762. The van der Waals surface area contributed by atoms with E-state index in [1.165, 1.54) is 11.3 Å². The third-order valence-corrected chi connectivity index (χ3v) is 4.08. The highest BCUT2D eigenvalue weighted by Crippen LogP contribution is 2.21. The van der Waals surface area contributed by atoms with Crippen molar-refractivity contribution in [2.45, 2.75) is 46.6 Å². The van der Waals surface area contributed by atoms with Gasteiger partial charge in [-0.15, -0.1) is 11.3 Å². The Morgan fingerprint density at radius 2 is 2.05 bits per heavy atom. The van der Waals surface area contributed by atoms with Gasteiger partial charge in [-0.1, -0.05) is 6.92 Å². The molecule has 0 saturated carbocycles. The van der Waals surface area contributed by atoms with E-state index in [0.29, 0.717) is 4.88 Å². The number of carbonyl (C=O) groups is 2. The minimum absolute atomic E-state index is 0.0292. The number of carboxylic acid groups (broad SMARTS) is 1. The SMILES string of the molecule is CCc1nc(C)c(C(=O)N(CCC(=O)O)C(C)C)s1. The number of hydrogen-bond acceptors (Lipinski definition) is 4.